The second-order valence-corrected chi connectivity index (χ2v) is 6.98. The Morgan fingerprint density at radius 1 is 1.15 bits per heavy atom. The van der Waals surface area contributed by atoms with Crippen molar-refractivity contribution in [1.82, 2.24) is 0 Å². The van der Waals surface area contributed by atoms with Gasteiger partial charge >= 0.3 is 5.97 Å². The molecule has 0 amide bonds. The van der Waals surface area contributed by atoms with Gasteiger partial charge in [0, 0.05) is 18.6 Å². The summed E-state index contributed by atoms with van der Waals surface area (Å²) in [6.07, 6.45) is -0.799. The second kappa shape index (κ2) is 7.79. The van der Waals surface area contributed by atoms with Crippen LogP contribution in [0.15, 0.2) is 48.5 Å². The van der Waals surface area contributed by atoms with Gasteiger partial charge in [-0.25, -0.2) is 4.79 Å². The number of non-ortho nitro benzene ring substituents is 1. The first-order valence-electron chi connectivity index (χ1n) is 8.15. The Morgan fingerprint density at radius 3 is 2.19 bits per heavy atom. The van der Waals surface area contributed by atoms with Crippen molar-refractivity contribution >= 4 is 11.7 Å². The van der Waals surface area contributed by atoms with E-state index in [1.165, 1.54) is 12.1 Å². The van der Waals surface area contributed by atoms with Crippen molar-refractivity contribution in [1.29, 1.82) is 5.26 Å². The van der Waals surface area contributed by atoms with E-state index in [1.807, 2.05) is 18.2 Å². The minimum atomic E-state index is -0.966. The van der Waals surface area contributed by atoms with Crippen LogP contribution < -0.4 is 0 Å². The van der Waals surface area contributed by atoms with Crippen LogP contribution in [0.25, 0.3) is 0 Å². The fourth-order valence-electron chi connectivity index (χ4n) is 2.39. The van der Waals surface area contributed by atoms with Gasteiger partial charge in [-0.3, -0.25) is 10.1 Å². The first-order chi connectivity index (χ1) is 12.2. The molecule has 0 heterocycles. The Kier molecular flexibility index (Phi) is 5.73. The summed E-state index contributed by atoms with van der Waals surface area (Å²) in [5.41, 5.74) is 2.10. The van der Waals surface area contributed by atoms with Gasteiger partial charge in [0.05, 0.1) is 10.5 Å². The lowest BCUT2D eigenvalue weighted by Crippen LogP contribution is -2.19. The van der Waals surface area contributed by atoms with Crippen molar-refractivity contribution in [2.24, 2.45) is 0 Å². The topological polar surface area (TPSA) is 93.2 Å². The van der Waals surface area contributed by atoms with Gasteiger partial charge in [-0.2, -0.15) is 5.26 Å². The smallest absolute Gasteiger partial charge is 0.339 e. The summed E-state index contributed by atoms with van der Waals surface area (Å²) in [4.78, 5) is 22.4. The third-order valence-electron chi connectivity index (χ3n) is 3.95. The number of rotatable bonds is 5. The highest BCUT2D eigenvalue weighted by atomic mass is 16.6. The molecule has 2 rings (SSSR count). The fourth-order valence-corrected chi connectivity index (χ4v) is 2.39. The fraction of sp³-hybridized carbons (Fsp3) is 0.300. The van der Waals surface area contributed by atoms with E-state index < -0.39 is 17.0 Å². The number of esters is 1. The number of nitrogens with zero attached hydrogens (tertiary/aromatic N) is 2. The number of carbonyl (C=O) groups is 1. The van der Waals surface area contributed by atoms with Crippen molar-refractivity contribution in [3.8, 4) is 6.07 Å². The molecule has 1 unspecified atom stereocenters. The zero-order chi connectivity index (χ0) is 19.3. The Hall–Kier alpha value is -3.20. The summed E-state index contributed by atoms with van der Waals surface area (Å²) in [6, 6.07) is 14.9. The Bertz CT molecular complexity index is 828. The predicted octanol–water partition coefficient (Wildman–Crippen LogP) is 4.18. The molecule has 0 bridgehead atoms. The lowest BCUT2D eigenvalue weighted by Gasteiger charge is -2.19. The second-order valence-electron chi connectivity index (χ2n) is 6.98. The van der Waals surface area contributed by atoms with Gasteiger partial charge in [0.2, 0.25) is 0 Å². The van der Waals surface area contributed by atoms with Gasteiger partial charge in [-0.05, 0) is 28.7 Å². The van der Waals surface area contributed by atoms with Crippen molar-refractivity contribution in [2.75, 3.05) is 0 Å². The lowest BCUT2D eigenvalue weighted by atomic mass is 9.87. The van der Waals surface area contributed by atoms with Gasteiger partial charge in [0.1, 0.15) is 6.07 Å². The van der Waals surface area contributed by atoms with Gasteiger partial charge in [0.15, 0.2) is 6.10 Å². The Balaban J connectivity index is 2.04. The Morgan fingerprint density at radius 2 is 1.73 bits per heavy atom. The van der Waals surface area contributed by atoms with Crippen LogP contribution in [-0.4, -0.2) is 17.0 Å². The van der Waals surface area contributed by atoms with Crippen LogP contribution in [0.1, 0.15) is 42.3 Å². The maximum absolute atomic E-state index is 12.2. The quantitative estimate of drug-likeness (QED) is 0.457. The summed E-state index contributed by atoms with van der Waals surface area (Å²) in [7, 11) is 0. The van der Waals surface area contributed by atoms with Crippen LogP contribution >= 0.6 is 0 Å². The standard InChI is InChI=1S/C20H20N2O4/c1-20(2,3)16-8-6-15(7-9-16)19(23)26-18(13-21)12-14-4-10-17(11-5-14)22(24)25/h4-11,18H,12H2,1-3H3. The highest BCUT2D eigenvalue weighted by Crippen LogP contribution is 2.22. The van der Waals surface area contributed by atoms with Crippen LogP contribution in [-0.2, 0) is 16.6 Å². The van der Waals surface area contributed by atoms with Crippen LogP contribution in [0.2, 0.25) is 0 Å². The summed E-state index contributed by atoms with van der Waals surface area (Å²) in [6.45, 7) is 6.24. The largest absolute Gasteiger partial charge is 0.443 e. The summed E-state index contributed by atoms with van der Waals surface area (Å²) >= 11 is 0. The summed E-state index contributed by atoms with van der Waals surface area (Å²) < 4.78 is 5.26. The molecular weight excluding hydrogens is 332 g/mol. The molecule has 0 aliphatic heterocycles. The number of hydrogen-bond acceptors (Lipinski definition) is 5. The first kappa shape index (κ1) is 19.1. The van der Waals surface area contributed by atoms with E-state index in [2.05, 4.69) is 20.8 Å². The number of nitro groups is 1. The first-order valence-corrected chi connectivity index (χ1v) is 8.15. The molecular formula is C20H20N2O4. The zero-order valence-corrected chi connectivity index (χ0v) is 14.9. The van der Waals surface area contributed by atoms with E-state index in [0.29, 0.717) is 11.1 Å². The van der Waals surface area contributed by atoms with E-state index in [1.54, 1.807) is 24.3 Å². The normalized spacial score (nSPS) is 12.1. The van der Waals surface area contributed by atoms with Crippen molar-refractivity contribution in [2.45, 2.75) is 38.7 Å². The van der Waals surface area contributed by atoms with Gasteiger partial charge in [0.25, 0.3) is 5.69 Å². The molecule has 0 aromatic heterocycles. The van der Waals surface area contributed by atoms with Crippen molar-refractivity contribution in [3.05, 3.63) is 75.3 Å². The molecule has 2 aromatic carbocycles. The highest BCUT2D eigenvalue weighted by molar-refractivity contribution is 5.89. The third kappa shape index (κ3) is 4.90. The minimum absolute atomic E-state index is 0.0203. The van der Waals surface area contributed by atoms with E-state index in [-0.39, 0.29) is 17.5 Å². The molecule has 6 heteroatoms. The molecule has 26 heavy (non-hydrogen) atoms. The van der Waals surface area contributed by atoms with E-state index in [9.17, 15) is 20.2 Å². The average Bonchev–Trinajstić information content (AvgIpc) is 2.60. The minimum Gasteiger partial charge on any atom is -0.443 e. The van der Waals surface area contributed by atoms with Gasteiger partial charge in [-0.15, -0.1) is 0 Å². The third-order valence-corrected chi connectivity index (χ3v) is 3.95. The SMILES string of the molecule is CC(C)(C)c1ccc(C(=O)OC(C#N)Cc2ccc([N+](=O)[O-])cc2)cc1. The predicted molar refractivity (Wildman–Crippen MR) is 96.8 cm³/mol. The summed E-state index contributed by atoms with van der Waals surface area (Å²) in [5.74, 6) is -0.570. The average molecular weight is 352 g/mol. The van der Waals surface area contributed by atoms with Crippen LogP contribution in [0.3, 0.4) is 0 Å². The van der Waals surface area contributed by atoms with E-state index in [4.69, 9.17) is 4.74 Å². The van der Waals surface area contributed by atoms with Gasteiger partial charge in [-0.1, -0.05) is 45.0 Å². The number of ether oxygens (including phenoxy) is 1. The molecule has 0 saturated carbocycles. The molecule has 0 aliphatic rings. The van der Waals surface area contributed by atoms with E-state index >= 15 is 0 Å². The van der Waals surface area contributed by atoms with Gasteiger partial charge < -0.3 is 4.74 Å². The molecule has 0 spiro atoms. The van der Waals surface area contributed by atoms with Crippen LogP contribution in [0.5, 0.6) is 0 Å². The number of nitriles is 1. The Labute approximate surface area is 152 Å². The van der Waals surface area contributed by atoms with Crippen molar-refractivity contribution < 1.29 is 14.5 Å². The zero-order valence-electron chi connectivity index (χ0n) is 14.9. The summed E-state index contributed by atoms with van der Waals surface area (Å²) in [5, 5.41) is 19.9. The molecule has 1 atom stereocenters. The number of carbonyl (C=O) groups excluding carboxylic acids is 1. The maximum atomic E-state index is 12.2. The maximum Gasteiger partial charge on any atom is 0.339 e. The molecule has 0 aliphatic carbocycles. The van der Waals surface area contributed by atoms with Crippen molar-refractivity contribution in [3.63, 3.8) is 0 Å². The molecule has 0 saturated heterocycles. The monoisotopic (exact) mass is 352 g/mol. The molecule has 0 fully saturated rings. The van der Waals surface area contributed by atoms with Crippen LogP contribution in [0, 0.1) is 21.4 Å². The van der Waals surface area contributed by atoms with Crippen LogP contribution in [0.4, 0.5) is 5.69 Å². The number of hydrogen-bond donors (Lipinski definition) is 0. The molecule has 6 nitrogen and oxygen atoms in total. The number of nitro benzene ring substituents is 1. The number of benzene rings is 2. The lowest BCUT2D eigenvalue weighted by molar-refractivity contribution is -0.384. The molecule has 0 N–H and O–H groups in total. The molecule has 2 aromatic rings. The molecule has 134 valence electrons. The highest BCUT2D eigenvalue weighted by Gasteiger charge is 2.18. The van der Waals surface area contributed by atoms with E-state index in [0.717, 1.165) is 5.56 Å². The molecule has 0 radical (unpaired) electrons.